The van der Waals surface area contributed by atoms with E-state index in [4.69, 9.17) is 4.74 Å². The van der Waals surface area contributed by atoms with Gasteiger partial charge in [-0.15, -0.1) is 0 Å². The van der Waals surface area contributed by atoms with Gasteiger partial charge in [0.05, 0.1) is 13.2 Å². The Balaban J connectivity index is 1.32. The lowest BCUT2D eigenvalue weighted by molar-refractivity contribution is -0.138. The number of carbonyl (C=O) groups is 1. The third kappa shape index (κ3) is 4.50. The summed E-state index contributed by atoms with van der Waals surface area (Å²) < 4.78 is 19.0. The Hall–Kier alpha value is -2.44. The van der Waals surface area contributed by atoms with Crippen LogP contribution < -0.4 is 4.74 Å². The number of nitrogens with zero attached hydrogens (tertiary/aromatic N) is 3. The molecular formula is C24H30FN3O2. The highest BCUT2D eigenvalue weighted by Gasteiger charge is 2.30. The SMILES string of the molecule is COc1ccc(F)cc1CN1CCN([C@H](C)C(=O)N2CCc3ccccc3C2)CC1. The number of amides is 1. The standard InChI is InChI=1S/C24H30FN3O2/c1-18(24(29)28-10-9-19-5-3-4-6-20(19)17-28)27-13-11-26(12-14-27)16-21-15-22(25)7-8-23(21)30-2/h3-8,15,18H,9-14,16-17H2,1-2H3/t18-/m1/s1. The van der Waals surface area contributed by atoms with Crippen LogP contribution in [0.1, 0.15) is 23.6 Å². The molecular weight excluding hydrogens is 381 g/mol. The van der Waals surface area contributed by atoms with E-state index in [1.807, 2.05) is 17.9 Å². The van der Waals surface area contributed by atoms with Crippen LogP contribution in [0.5, 0.6) is 5.75 Å². The fraction of sp³-hybridized carbons (Fsp3) is 0.458. The minimum absolute atomic E-state index is 0.124. The third-order valence-corrected chi connectivity index (χ3v) is 6.39. The van der Waals surface area contributed by atoms with Crippen molar-refractivity contribution in [1.29, 1.82) is 0 Å². The monoisotopic (exact) mass is 411 g/mol. The van der Waals surface area contributed by atoms with E-state index >= 15 is 0 Å². The summed E-state index contributed by atoms with van der Waals surface area (Å²) in [6, 6.07) is 12.9. The molecule has 2 aliphatic rings. The van der Waals surface area contributed by atoms with Crippen molar-refractivity contribution in [2.45, 2.75) is 32.5 Å². The summed E-state index contributed by atoms with van der Waals surface area (Å²) in [5.41, 5.74) is 3.48. The van der Waals surface area contributed by atoms with Gasteiger partial charge in [0.1, 0.15) is 11.6 Å². The fourth-order valence-electron chi connectivity index (χ4n) is 4.52. The number of hydrogen-bond donors (Lipinski definition) is 0. The molecule has 6 heteroatoms. The van der Waals surface area contributed by atoms with E-state index in [1.54, 1.807) is 19.2 Å². The van der Waals surface area contributed by atoms with Crippen LogP contribution >= 0.6 is 0 Å². The van der Waals surface area contributed by atoms with Crippen molar-refractivity contribution in [3.05, 3.63) is 65.0 Å². The smallest absolute Gasteiger partial charge is 0.239 e. The summed E-state index contributed by atoms with van der Waals surface area (Å²) >= 11 is 0. The van der Waals surface area contributed by atoms with Crippen LogP contribution in [0.25, 0.3) is 0 Å². The van der Waals surface area contributed by atoms with Crippen molar-refractivity contribution in [3.63, 3.8) is 0 Å². The molecule has 0 radical (unpaired) electrons. The first-order valence-corrected chi connectivity index (χ1v) is 10.7. The van der Waals surface area contributed by atoms with Gasteiger partial charge in [-0.25, -0.2) is 4.39 Å². The molecule has 0 bridgehead atoms. The Morgan fingerprint density at radius 3 is 2.53 bits per heavy atom. The van der Waals surface area contributed by atoms with Crippen LogP contribution in [-0.2, 0) is 24.3 Å². The number of benzene rings is 2. The predicted molar refractivity (Wildman–Crippen MR) is 115 cm³/mol. The summed E-state index contributed by atoms with van der Waals surface area (Å²) in [7, 11) is 1.61. The van der Waals surface area contributed by atoms with E-state index < -0.39 is 0 Å². The zero-order valence-corrected chi connectivity index (χ0v) is 17.8. The number of ether oxygens (including phenoxy) is 1. The predicted octanol–water partition coefficient (Wildman–Crippen LogP) is 2.93. The number of methoxy groups -OCH3 is 1. The molecule has 2 heterocycles. The molecule has 1 fully saturated rings. The first kappa shape index (κ1) is 20.8. The summed E-state index contributed by atoms with van der Waals surface area (Å²) in [6.07, 6.45) is 0.928. The molecule has 1 atom stereocenters. The van der Waals surface area contributed by atoms with E-state index in [-0.39, 0.29) is 17.8 Å². The highest BCUT2D eigenvalue weighted by Crippen LogP contribution is 2.23. The number of carbonyl (C=O) groups excluding carboxylic acids is 1. The summed E-state index contributed by atoms with van der Waals surface area (Å²) in [5.74, 6) is 0.685. The van der Waals surface area contributed by atoms with Crippen LogP contribution in [0.3, 0.4) is 0 Å². The third-order valence-electron chi connectivity index (χ3n) is 6.39. The number of fused-ring (bicyclic) bond motifs is 1. The molecule has 0 N–H and O–H groups in total. The number of hydrogen-bond acceptors (Lipinski definition) is 4. The van der Waals surface area contributed by atoms with Gasteiger partial charge in [-0.1, -0.05) is 24.3 Å². The molecule has 0 spiro atoms. The molecule has 0 aliphatic carbocycles. The zero-order chi connectivity index (χ0) is 21.1. The van der Waals surface area contributed by atoms with Crippen LogP contribution in [0.4, 0.5) is 4.39 Å². The quantitative estimate of drug-likeness (QED) is 0.758. The molecule has 4 rings (SSSR count). The Labute approximate surface area is 178 Å². The van der Waals surface area contributed by atoms with Gasteiger partial charge in [0.2, 0.25) is 5.91 Å². The van der Waals surface area contributed by atoms with Gasteiger partial charge in [-0.2, -0.15) is 0 Å². The van der Waals surface area contributed by atoms with Crippen LogP contribution in [-0.4, -0.2) is 66.5 Å². The van der Waals surface area contributed by atoms with E-state index in [0.717, 1.165) is 44.7 Å². The van der Waals surface area contributed by atoms with E-state index in [1.165, 1.54) is 17.2 Å². The molecule has 0 aromatic heterocycles. The average molecular weight is 412 g/mol. The molecule has 5 nitrogen and oxygen atoms in total. The van der Waals surface area contributed by atoms with Gasteiger partial charge in [-0.3, -0.25) is 14.6 Å². The normalized spacial score (nSPS) is 18.7. The molecule has 0 saturated carbocycles. The van der Waals surface area contributed by atoms with Gasteiger partial charge in [0.25, 0.3) is 0 Å². The molecule has 2 aliphatic heterocycles. The van der Waals surface area contributed by atoms with Crippen molar-refractivity contribution in [2.75, 3.05) is 39.8 Å². The highest BCUT2D eigenvalue weighted by atomic mass is 19.1. The van der Waals surface area contributed by atoms with Crippen LogP contribution in [0.15, 0.2) is 42.5 Å². The lowest BCUT2D eigenvalue weighted by Crippen LogP contribution is -2.54. The van der Waals surface area contributed by atoms with Crippen LogP contribution in [0, 0.1) is 5.82 Å². The van der Waals surface area contributed by atoms with Crippen molar-refractivity contribution in [2.24, 2.45) is 0 Å². The van der Waals surface area contributed by atoms with Crippen molar-refractivity contribution in [3.8, 4) is 5.75 Å². The van der Waals surface area contributed by atoms with Gasteiger partial charge < -0.3 is 9.64 Å². The van der Waals surface area contributed by atoms with Crippen molar-refractivity contribution in [1.82, 2.24) is 14.7 Å². The summed E-state index contributed by atoms with van der Waals surface area (Å²) in [6.45, 7) is 7.52. The lowest BCUT2D eigenvalue weighted by atomic mass is 9.99. The Kier molecular flexibility index (Phi) is 6.35. The molecule has 160 valence electrons. The van der Waals surface area contributed by atoms with E-state index in [2.05, 4.69) is 28.0 Å². The maximum Gasteiger partial charge on any atom is 0.239 e. The first-order chi connectivity index (χ1) is 14.5. The summed E-state index contributed by atoms with van der Waals surface area (Å²) in [4.78, 5) is 19.7. The number of halogens is 1. The Morgan fingerprint density at radius 1 is 1.07 bits per heavy atom. The van der Waals surface area contributed by atoms with Gasteiger partial charge in [0, 0.05) is 51.4 Å². The van der Waals surface area contributed by atoms with Crippen molar-refractivity contribution >= 4 is 5.91 Å². The second-order valence-corrected chi connectivity index (χ2v) is 8.22. The largest absolute Gasteiger partial charge is 0.496 e. The molecule has 2 aromatic carbocycles. The van der Waals surface area contributed by atoms with Crippen molar-refractivity contribution < 1.29 is 13.9 Å². The molecule has 2 aromatic rings. The maximum atomic E-state index is 13.6. The second kappa shape index (κ2) is 9.14. The maximum absolute atomic E-state index is 13.6. The van der Waals surface area contributed by atoms with Gasteiger partial charge in [0.15, 0.2) is 0 Å². The number of piperazine rings is 1. The van der Waals surface area contributed by atoms with Crippen LogP contribution in [0.2, 0.25) is 0 Å². The minimum Gasteiger partial charge on any atom is -0.496 e. The fourth-order valence-corrected chi connectivity index (χ4v) is 4.52. The highest BCUT2D eigenvalue weighted by molar-refractivity contribution is 5.81. The van der Waals surface area contributed by atoms with Gasteiger partial charge >= 0.3 is 0 Å². The molecule has 1 saturated heterocycles. The van der Waals surface area contributed by atoms with E-state index in [9.17, 15) is 9.18 Å². The first-order valence-electron chi connectivity index (χ1n) is 10.7. The topological polar surface area (TPSA) is 36.0 Å². The van der Waals surface area contributed by atoms with Gasteiger partial charge in [-0.05, 0) is 42.7 Å². The Morgan fingerprint density at radius 2 is 1.80 bits per heavy atom. The molecule has 0 unspecified atom stereocenters. The van der Waals surface area contributed by atoms with E-state index in [0.29, 0.717) is 18.8 Å². The molecule has 30 heavy (non-hydrogen) atoms. The zero-order valence-electron chi connectivity index (χ0n) is 17.8. The minimum atomic E-state index is -0.244. The average Bonchev–Trinajstić information content (AvgIpc) is 2.78. The second-order valence-electron chi connectivity index (χ2n) is 8.22. The Bertz CT molecular complexity index is 896. The number of rotatable bonds is 5. The summed E-state index contributed by atoms with van der Waals surface area (Å²) in [5, 5.41) is 0. The molecule has 1 amide bonds. The lowest BCUT2D eigenvalue weighted by Gasteiger charge is -2.40.